The van der Waals surface area contributed by atoms with Crippen LogP contribution in [0.4, 0.5) is 0 Å². The SMILES string of the molecule is C[C-](C)C.C[C-](C)C.C[CH-]C.C[CH-]C.O.[Ti+3].[Ti+3].[c-]1ccccc1.[c-]1ccccc1. The standard InChI is InChI=1S/2C6H5.2C4H9.2C3H7.H2O.2Ti/c2*1-2-4-6-5-3-1;2*1-4(2)3;2*1-3-2;;;/h2*1-5H;2*1-3H3;2*3H,1-2H3;1H2;;/q6*-1;;2*+3. The summed E-state index contributed by atoms with van der Waals surface area (Å²) in [6, 6.07) is 25.0. The molecule has 0 unspecified atom stereocenters. The van der Waals surface area contributed by atoms with Crippen LogP contribution in [0, 0.1) is 36.8 Å². The Bertz CT molecular complexity index is 280. The van der Waals surface area contributed by atoms with Gasteiger partial charge in [-0.15, -0.1) is 0 Å². The van der Waals surface area contributed by atoms with Gasteiger partial charge in [0.2, 0.25) is 0 Å². The van der Waals surface area contributed by atoms with E-state index in [2.05, 4.69) is 53.7 Å². The molecule has 2 rings (SSSR count). The first-order valence-corrected chi connectivity index (χ1v) is 9.13. The zero-order chi connectivity index (χ0) is 21.1. The first kappa shape index (κ1) is 46.9. The second kappa shape index (κ2) is 50.9. The maximum atomic E-state index is 2.89. The third kappa shape index (κ3) is 133. The van der Waals surface area contributed by atoms with Gasteiger partial charge in [0.15, 0.2) is 0 Å². The molecule has 0 heterocycles. The van der Waals surface area contributed by atoms with Crippen molar-refractivity contribution in [1.82, 2.24) is 0 Å². The van der Waals surface area contributed by atoms with E-state index < -0.39 is 0 Å². The molecule has 29 heavy (non-hydrogen) atoms. The van der Waals surface area contributed by atoms with Crippen molar-refractivity contribution in [2.75, 3.05) is 0 Å². The van der Waals surface area contributed by atoms with Crippen LogP contribution in [0.15, 0.2) is 60.7 Å². The molecule has 0 bridgehead atoms. The van der Waals surface area contributed by atoms with E-state index in [1.54, 1.807) is 0 Å². The topological polar surface area (TPSA) is 31.5 Å². The first-order chi connectivity index (χ1) is 12.3. The molecule has 0 aliphatic rings. The molecule has 0 aliphatic carbocycles. The van der Waals surface area contributed by atoms with E-state index in [-0.39, 0.29) is 48.9 Å². The van der Waals surface area contributed by atoms with Gasteiger partial charge < -0.3 is 30.2 Å². The molecule has 2 aromatic carbocycles. The van der Waals surface area contributed by atoms with Gasteiger partial charge in [0.1, 0.15) is 0 Å². The van der Waals surface area contributed by atoms with E-state index in [4.69, 9.17) is 0 Å². The second-order valence-corrected chi connectivity index (χ2v) is 6.31. The molecule has 2 N–H and O–H groups in total. The number of benzene rings is 2. The summed E-state index contributed by atoms with van der Waals surface area (Å²) in [5.74, 6) is 2.83. The van der Waals surface area contributed by atoms with Gasteiger partial charge in [-0.1, -0.05) is 0 Å². The summed E-state index contributed by atoms with van der Waals surface area (Å²) in [6.45, 7) is 20.5. The van der Waals surface area contributed by atoms with Crippen LogP contribution in [-0.4, -0.2) is 5.48 Å². The van der Waals surface area contributed by atoms with Crippen LogP contribution in [-0.2, 0) is 43.4 Å². The van der Waals surface area contributed by atoms with Crippen LogP contribution in [0.3, 0.4) is 0 Å². The Morgan fingerprint density at radius 3 is 0.655 bits per heavy atom. The fourth-order valence-electron chi connectivity index (χ4n) is 0.684. The molecule has 0 fully saturated rings. The van der Waals surface area contributed by atoms with Crippen LogP contribution in [0.5, 0.6) is 0 Å². The Balaban J connectivity index is -0.0000000403. The van der Waals surface area contributed by atoms with Crippen LogP contribution in [0.2, 0.25) is 0 Å². The summed E-state index contributed by atoms with van der Waals surface area (Å²) < 4.78 is 0. The fraction of sp³-hybridized carbons (Fsp3) is 0.385. The van der Waals surface area contributed by atoms with E-state index in [1.165, 1.54) is 11.8 Å². The predicted octanol–water partition coefficient (Wildman–Crippen LogP) is 7.85. The van der Waals surface area contributed by atoms with Crippen molar-refractivity contribution in [1.29, 1.82) is 0 Å². The Morgan fingerprint density at radius 1 is 0.483 bits per heavy atom. The van der Waals surface area contributed by atoms with Crippen LogP contribution >= 0.6 is 0 Å². The van der Waals surface area contributed by atoms with Crippen molar-refractivity contribution in [3.8, 4) is 0 Å². The second-order valence-electron chi connectivity index (χ2n) is 6.31. The number of hydrogen-bond donors (Lipinski definition) is 0. The molecule has 3 heteroatoms. The quantitative estimate of drug-likeness (QED) is 0.279. The minimum atomic E-state index is 0. The molecule has 0 amide bonds. The molecule has 162 valence electrons. The van der Waals surface area contributed by atoms with Gasteiger partial charge in [-0.05, 0) is 0 Å². The Morgan fingerprint density at radius 2 is 0.621 bits per heavy atom. The molecule has 0 saturated heterocycles. The minimum absolute atomic E-state index is 0. The van der Waals surface area contributed by atoms with Crippen molar-refractivity contribution in [3.05, 3.63) is 97.5 Å². The average molecular weight is 468 g/mol. The van der Waals surface area contributed by atoms with Crippen LogP contribution in [0.1, 0.15) is 69.2 Å². The Labute approximate surface area is 214 Å². The molecule has 0 aromatic heterocycles. The van der Waals surface area contributed by atoms with Gasteiger partial charge in [-0.25, -0.2) is 0 Å². The Hall–Kier alpha value is -0.171. The van der Waals surface area contributed by atoms with E-state index in [9.17, 15) is 0 Å². The zero-order valence-electron chi connectivity index (χ0n) is 20.4. The van der Waals surface area contributed by atoms with Crippen molar-refractivity contribution < 1.29 is 48.9 Å². The average Bonchev–Trinajstić information content (AvgIpc) is 2.59. The summed E-state index contributed by atoms with van der Waals surface area (Å²) in [4.78, 5) is 0. The number of hydrogen-bond acceptors (Lipinski definition) is 0. The van der Waals surface area contributed by atoms with Crippen LogP contribution < -0.4 is 0 Å². The van der Waals surface area contributed by atoms with E-state index in [0.29, 0.717) is 0 Å². The van der Waals surface area contributed by atoms with E-state index in [0.717, 1.165) is 0 Å². The molecule has 1 nitrogen and oxygen atoms in total. The summed E-state index contributed by atoms with van der Waals surface area (Å²) in [5, 5.41) is 0. The maximum Gasteiger partial charge on any atom is 3.00 e. The predicted molar refractivity (Wildman–Crippen MR) is 126 cm³/mol. The van der Waals surface area contributed by atoms with Crippen molar-refractivity contribution in [2.45, 2.75) is 69.2 Å². The molecule has 0 saturated carbocycles. The molecule has 2 radical (unpaired) electrons. The van der Waals surface area contributed by atoms with Gasteiger partial charge in [0, 0.05) is 0 Å². The summed E-state index contributed by atoms with van der Waals surface area (Å²) in [7, 11) is 0. The third-order valence-corrected chi connectivity index (χ3v) is 1.21. The van der Waals surface area contributed by atoms with Gasteiger partial charge in [-0.3, -0.25) is 0 Å². The van der Waals surface area contributed by atoms with Crippen LogP contribution in [0.25, 0.3) is 0 Å². The van der Waals surface area contributed by atoms with Crippen molar-refractivity contribution in [2.24, 2.45) is 0 Å². The van der Waals surface area contributed by atoms with Gasteiger partial charge in [0.25, 0.3) is 0 Å². The summed E-state index contributed by atoms with van der Waals surface area (Å²) >= 11 is 0. The van der Waals surface area contributed by atoms with Gasteiger partial charge >= 0.3 is 43.4 Å². The molecule has 0 spiro atoms. The molecule has 0 atom stereocenters. The van der Waals surface area contributed by atoms with E-state index >= 15 is 0 Å². The van der Waals surface area contributed by atoms with E-state index in [1.807, 2.05) is 101 Å². The fourth-order valence-corrected chi connectivity index (χ4v) is 0.684. The normalized spacial score (nSPS) is 7.03. The maximum absolute atomic E-state index is 2.89. The monoisotopic (exact) mass is 468 g/mol. The Kier molecular flexibility index (Phi) is 82.3. The molecule has 2 aromatic rings. The van der Waals surface area contributed by atoms with Gasteiger partial charge in [-0.2, -0.15) is 142 Å². The van der Waals surface area contributed by atoms with Crippen molar-refractivity contribution >= 4 is 0 Å². The third-order valence-electron chi connectivity index (χ3n) is 1.21. The largest absolute Gasteiger partial charge is 3.00 e. The first-order valence-electron chi connectivity index (χ1n) is 9.13. The minimum Gasteiger partial charge on any atom is -0.412 e. The van der Waals surface area contributed by atoms with Crippen molar-refractivity contribution in [3.63, 3.8) is 0 Å². The van der Waals surface area contributed by atoms with Gasteiger partial charge in [0.05, 0.1) is 0 Å². The molecule has 0 aliphatic heterocycles. The number of rotatable bonds is 0. The smallest absolute Gasteiger partial charge is 0.412 e. The molecular weight excluding hydrogens is 424 g/mol. The summed E-state index contributed by atoms with van der Waals surface area (Å²) in [6.07, 6.45) is 4.00. The zero-order valence-corrected chi connectivity index (χ0v) is 23.6. The molecular formula is C26H44OTi2. The summed E-state index contributed by atoms with van der Waals surface area (Å²) in [5.41, 5.74) is 0.